The molecule has 0 saturated heterocycles. The topological polar surface area (TPSA) is 37.3 Å². The van der Waals surface area contributed by atoms with E-state index in [0.29, 0.717) is 29.3 Å². The molecule has 2 fully saturated rings. The van der Waals surface area contributed by atoms with E-state index in [1.165, 1.54) is 11.1 Å². The molecule has 3 aliphatic carbocycles. The van der Waals surface area contributed by atoms with Crippen LogP contribution in [0.25, 0.3) is 0 Å². The molecule has 0 bridgehead atoms. The molecule has 0 spiro atoms. The van der Waals surface area contributed by atoms with E-state index in [9.17, 15) is 9.90 Å². The molecule has 0 heterocycles. The highest BCUT2D eigenvalue weighted by molar-refractivity contribution is 9.10. The molecule has 1 aromatic carbocycles. The van der Waals surface area contributed by atoms with Crippen molar-refractivity contribution >= 4 is 37.6 Å². The van der Waals surface area contributed by atoms with E-state index in [2.05, 4.69) is 44.8 Å². The first-order valence-electron chi connectivity index (χ1n) is 8.12. The van der Waals surface area contributed by atoms with Crippen molar-refractivity contribution in [1.29, 1.82) is 0 Å². The van der Waals surface area contributed by atoms with Crippen molar-refractivity contribution in [2.24, 2.45) is 17.3 Å². The van der Waals surface area contributed by atoms with Crippen LogP contribution in [0.3, 0.4) is 0 Å². The van der Waals surface area contributed by atoms with Gasteiger partial charge in [-0.1, -0.05) is 28.9 Å². The monoisotopic (exact) mass is 426 g/mol. The van der Waals surface area contributed by atoms with E-state index < -0.39 is 0 Å². The fourth-order valence-corrected chi connectivity index (χ4v) is 6.85. The maximum atomic E-state index is 12.6. The molecular weight excluding hydrogens is 408 g/mol. The van der Waals surface area contributed by atoms with Crippen molar-refractivity contribution in [2.45, 2.75) is 49.8 Å². The third-order valence-electron chi connectivity index (χ3n) is 6.52. The predicted octanol–water partition coefficient (Wildman–Crippen LogP) is 4.95. The number of carbonyl (C=O) groups is 1. The van der Waals surface area contributed by atoms with E-state index in [0.717, 1.165) is 36.6 Å². The van der Waals surface area contributed by atoms with Gasteiger partial charge in [0.1, 0.15) is 5.75 Å². The van der Waals surface area contributed by atoms with Gasteiger partial charge in [0.2, 0.25) is 0 Å². The second kappa shape index (κ2) is 5.07. The number of phenols is 1. The number of phenolic OH excluding ortho intramolecular Hbond substituents is 1. The van der Waals surface area contributed by atoms with Crippen LogP contribution in [0.15, 0.2) is 16.6 Å². The van der Waals surface area contributed by atoms with E-state index in [1.807, 2.05) is 6.07 Å². The van der Waals surface area contributed by atoms with Crippen molar-refractivity contribution in [2.75, 3.05) is 0 Å². The standard InChI is InChI=1S/C18H20Br2O2/c1-18-7-6-10-9-4-5-15(21)16(20)12(9)3-2-11(10)13(18)8-14(19)17(18)22/h4-5,10-11,13-14,21H,2-3,6-8H2,1H3/t10?,11?,13?,14?,18-/m0/s1. The molecule has 118 valence electrons. The molecule has 1 N–H and O–H groups in total. The summed E-state index contributed by atoms with van der Waals surface area (Å²) in [6, 6.07) is 3.92. The van der Waals surface area contributed by atoms with Gasteiger partial charge in [-0.3, -0.25) is 4.79 Å². The molecule has 4 unspecified atom stereocenters. The second-order valence-corrected chi connectivity index (χ2v) is 9.30. The molecule has 1 aromatic rings. The van der Waals surface area contributed by atoms with Gasteiger partial charge in [0.15, 0.2) is 5.78 Å². The molecule has 0 aromatic heterocycles. The van der Waals surface area contributed by atoms with Crippen LogP contribution in [0.2, 0.25) is 0 Å². The molecule has 0 aliphatic heterocycles. The number of alkyl halides is 1. The van der Waals surface area contributed by atoms with Crippen molar-refractivity contribution < 1.29 is 9.90 Å². The van der Waals surface area contributed by atoms with Crippen LogP contribution in [-0.4, -0.2) is 15.7 Å². The molecule has 0 radical (unpaired) electrons. The largest absolute Gasteiger partial charge is 0.507 e. The number of halogens is 2. The Labute approximate surface area is 147 Å². The van der Waals surface area contributed by atoms with Gasteiger partial charge >= 0.3 is 0 Å². The van der Waals surface area contributed by atoms with Gasteiger partial charge in [-0.2, -0.15) is 0 Å². The van der Waals surface area contributed by atoms with Gasteiger partial charge in [0.25, 0.3) is 0 Å². The average Bonchev–Trinajstić information content (AvgIpc) is 2.74. The SMILES string of the molecule is C[C@]12CCC3c4ccc(O)c(Br)c4CCC3C1CC(Br)C2=O. The van der Waals surface area contributed by atoms with Gasteiger partial charge in [-0.05, 0) is 83.0 Å². The van der Waals surface area contributed by atoms with Gasteiger partial charge in [-0.15, -0.1) is 0 Å². The highest BCUT2D eigenvalue weighted by Gasteiger charge is 2.57. The molecule has 3 aliphatic rings. The molecule has 0 amide bonds. The molecule has 4 heteroatoms. The quantitative estimate of drug-likeness (QED) is 0.594. The summed E-state index contributed by atoms with van der Waals surface area (Å²) in [6.45, 7) is 2.19. The zero-order valence-electron chi connectivity index (χ0n) is 12.6. The van der Waals surface area contributed by atoms with E-state index in [-0.39, 0.29) is 10.2 Å². The Morgan fingerprint density at radius 3 is 2.86 bits per heavy atom. The van der Waals surface area contributed by atoms with Gasteiger partial charge in [-0.25, -0.2) is 0 Å². The first kappa shape index (κ1) is 15.2. The highest BCUT2D eigenvalue weighted by atomic mass is 79.9. The predicted molar refractivity (Wildman–Crippen MR) is 93.5 cm³/mol. The summed E-state index contributed by atoms with van der Waals surface area (Å²) in [5, 5.41) is 9.93. The molecule has 22 heavy (non-hydrogen) atoms. The lowest BCUT2D eigenvalue weighted by atomic mass is 9.55. The van der Waals surface area contributed by atoms with Gasteiger partial charge in [0.05, 0.1) is 9.30 Å². The van der Waals surface area contributed by atoms with E-state index in [4.69, 9.17) is 0 Å². The van der Waals surface area contributed by atoms with Crippen LogP contribution in [0.5, 0.6) is 5.75 Å². The normalized spacial score (nSPS) is 40.0. The Morgan fingerprint density at radius 1 is 1.32 bits per heavy atom. The lowest BCUT2D eigenvalue weighted by Gasteiger charge is -2.48. The Hall–Kier alpha value is -0.350. The first-order valence-corrected chi connectivity index (χ1v) is 9.83. The van der Waals surface area contributed by atoms with Gasteiger partial charge in [0, 0.05) is 5.41 Å². The lowest BCUT2D eigenvalue weighted by molar-refractivity contribution is -0.128. The molecule has 4 rings (SSSR count). The maximum absolute atomic E-state index is 12.6. The minimum atomic E-state index is -0.124. The van der Waals surface area contributed by atoms with Crippen LogP contribution in [0.1, 0.15) is 49.7 Å². The smallest absolute Gasteiger partial charge is 0.152 e. The van der Waals surface area contributed by atoms with E-state index in [1.54, 1.807) is 0 Å². The van der Waals surface area contributed by atoms with Crippen LogP contribution < -0.4 is 0 Å². The van der Waals surface area contributed by atoms with Gasteiger partial charge < -0.3 is 5.11 Å². The number of Topliss-reactive ketones (excluding diaryl/α,β-unsaturated/α-hetero) is 1. The Morgan fingerprint density at radius 2 is 2.09 bits per heavy atom. The third kappa shape index (κ3) is 1.92. The molecule has 2 saturated carbocycles. The highest BCUT2D eigenvalue weighted by Crippen LogP contribution is 2.61. The lowest BCUT2D eigenvalue weighted by Crippen LogP contribution is -2.42. The zero-order valence-corrected chi connectivity index (χ0v) is 15.8. The summed E-state index contributed by atoms with van der Waals surface area (Å²) in [5.74, 6) is 2.42. The van der Waals surface area contributed by atoms with Crippen molar-refractivity contribution in [3.05, 3.63) is 27.7 Å². The third-order valence-corrected chi connectivity index (χ3v) is 8.20. The van der Waals surface area contributed by atoms with E-state index >= 15 is 0 Å². The molecule has 5 atom stereocenters. The van der Waals surface area contributed by atoms with Crippen LogP contribution in [0.4, 0.5) is 0 Å². The number of rotatable bonds is 0. The second-order valence-electron chi connectivity index (χ2n) is 7.41. The number of aromatic hydroxyl groups is 1. The number of hydrogen-bond acceptors (Lipinski definition) is 2. The maximum Gasteiger partial charge on any atom is 0.152 e. The summed E-state index contributed by atoms with van der Waals surface area (Å²) in [7, 11) is 0. The fraction of sp³-hybridized carbons (Fsp3) is 0.611. The fourth-order valence-electron chi connectivity index (χ4n) is 5.36. The zero-order chi connectivity index (χ0) is 15.6. The molecule has 2 nitrogen and oxygen atoms in total. The Balaban J connectivity index is 1.75. The summed E-state index contributed by atoms with van der Waals surface area (Å²) in [4.78, 5) is 12.6. The minimum Gasteiger partial charge on any atom is -0.507 e. The minimum absolute atomic E-state index is 0.0502. The summed E-state index contributed by atoms with van der Waals surface area (Å²) < 4.78 is 0.873. The van der Waals surface area contributed by atoms with Crippen molar-refractivity contribution in [1.82, 2.24) is 0 Å². The average molecular weight is 428 g/mol. The van der Waals surface area contributed by atoms with Crippen molar-refractivity contribution in [3.8, 4) is 5.75 Å². The Bertz CT molecular complexity index is 657. The first-order chi connectivity index (χ1) is 10.4. The number of carbonyl (C=O) groups excluding carboxylic acids is 1. The number of ketones is 1. The van der Waals surface area contributed by atoms with Crippen LogP contribution in [-0.2, 0) is 11.2 Å². The summed E-state index contributed by atoms with van der Waals surface area (Å²) >= 11 is 7.17. The number of fused-ring (bicyclic) bond motifs is 5. The van der Waals surface area contributed by atoms with Crippen molar-refractivity contribution in [3.63, 3.8) is 0 Å². The number of hydrogen-bond donors (Lipinski definition) is 1. The Kier molecular flexibility index (Phi) is 3.50. The number of benzene rings is 1. The summed E-state index contributed by atoms with van der Waals surface area (Å²) in [6.07, 6.45) is 5.21. The molecular formula is C18H20Br2O2. The van der Waals surface area contributed by atoms with Crippen LogP contribution >= 0.6 is 31.9 Å². The van der Waals surface area contributed by atoms with Crippen LogP contribution in [0, 0.1) is 17.3 Å². The summed E-state index contributed by atoms with van der Waals surface area (Å²) in [5.41, 5.74) is 2.55.